The van der Waals surface area contributed by atoms with Crippen molar-refractivity contribution in [2.45, 2.75) is 25.3 Å². The lowest BCUT2D eigenvalue weighted by Crippen LogP contribution is -2.42. The number of nitrogens with zero attached hydrogens (tertiary/aromatic N) is 3. The van der Waals surface area contributed by atoms with Crippen LogP contribution in [0.1, 0.15) is 28.0 Å². The number of amides is 3. The van der Waals surface area contributed by atoms with Crippen molar-refractivity contribution in [2.24, 2.45) is 0 Å². The van der Waals surface area contributed by atoms with Crippen LogP contribution in [0.25, 0.3) is 0 Å². The first-order valence-corrected chi connectivity index (χ1v) is 9.98. The number of aromatic nitrogens is 1. The molecule has 3 rings (SSSR count). The van der Waals surface area contributed by atoms with Crippen molar-refractivity contribution in [3.63, 3.8) is 0 Å². The number of rotatable bonds is 5. The molecule has 1 aliphatic heterocycles. The van der Waals surface area contributed by atoms with E-state index in [9.17, 15) is 27.2 Å². The Labute approximate surface area is 189 Å². The zero-order chi connectivity index (χ0) is 22.6. The summed E-state index contributed by atoms with van der Waals surface area (Å²) in [5, 5.41) is 0. The van der Waals surface area contributed by atoms with Crippen LogP contribution < -0.4 is 10.4 Å². The summed E-state index contributed by atoms with van der Waals surface area (Å²) < 4.78 is 57.5. The van der Waals surface area contributed by atoms with Gasteiger partial charge in [-0.05, 0) is 36.2 Å². The summed E-state index contributed by atoms with van der Waals surface area (Å²) in [6, 6.07) is 8.68. The van der Waals surface area contributed by atoms with Gasteiger partial charge in [0, 0.05) is 12.1 Å². The maximum Gasteiger partial charge on any atom is 0.433 e. The smallest absolute Gasteiger partial charge is 0.321 e. The number of likely N-dealkylation sites (tertiary alicyclic amines) is 1. The summed E-state index contributed by atoms with van der Waals surface area (Å²) in [5.74, 6) is -0.693. The fraction of sp³-hybridized carbons (Fsp3) is 0.316. The summed E-state index contributed by atoms with van der Waals surface area (Å²) in [5.41, 5.74) is 1.84. The Morgan fingerprint density at radius 3 is 2.52 bits per heavy atom. The molecule has 0 unspecified atom stereocenters. The highest BCUT2D eigenvalue weighted by molar-refractivity contribution is 14.1. The molecule has 1 atom stereocenters. The topological polar surface area (TPSA) is 74.8 Å². The van der Waals surface area contributed by atoms with E-state index in [4.69, 9.17) is 0 Å². The average molecular weight is 552 g/mol. The first-order valence-electron chi connectivity index (χ1n) is 9.10. The fourth-order valence-electron chi connectivity index (χ4n) is 3.08. The van der Waals surface area contributed by atoms with Gasteiger partial charge in [-0.2, -0.15) is 13.2 Å². The number of nitrogens with one attached hydrogen (secondary N) is 1. The number of hydrogen-bond acceptors (Lipinski definition) is 4. The van der Waals surface area contributed by atoms with E-state index < -0.39 is 30.0 Å². The van der Waals surface area contributed by atoms with Gasteiger partial charge >= 0.3 is 12.2 Å². The van der Waals surface area contributed by atoms with Crippen molar-refractivity contribution in [2.75, 3.05) is 18.0 Å². The van der Waals surface area contributed by atoms with Gasteiger partial charge in [-0.1, -0.05) is 18.2 Å². The van der Waals surface area contributed by atoms with Crippen LogP contribution >= 0.6 is 23.0 Å². The van der Waals surface area contributed by atoms with Crippen LogP contribution in [0.4, 0.5) is 28.2 Å². The summed E-state index contributed by atoms with van der Waals surface area (Å²) in [4.78, 5) is 30.7. The number of hydrogen-bond donors (Lipinski definition) is 1. The number of carbonyl (C=O) groups excluding carboxylic acids is 2. The molecule has 31 heavy (non-hydrogen) atoms. The number of anilines is 1. The zero-order valence-electron chi connectivity index (χ0n) is 15.9. The van der Waals surface area contributed by atoms with Crippen LogP contribution in [0, 0.1) is 0 Å². The fourth-order valence-corrected chi connectivity index (χ4v) is 3.28. The summed E-state index contributed by atoms with van der Waals surface area (Å²) in [7, 11) is 0. The van der Waals surface area contributed by atoms with Gasteiger partial charge in [-0.15, -0.1) is 0 Å². The van der Waals surface area contributed by atoms with E-state index in [2.05, 4.69) is 13.6 Å². The number of hydroxylamine groups is 1. The minimum absolute atomic E-state index is 0.120. The summed E-state index contributed by atoms with van der Waals surface area (Å²) in [6.07, 6.45) is -5.70. The van der Waals surface area contributed by atoms with E-state index in [1.54, 1.807) is 12.1 Å². The van der Waals surface area contributed by atoms with Gasteiger partial charge in [-0.25, -0.2) is 22.8 Å². The van der Waals surface area contributed by atoms with Crippen molar-refractivity contribution in [1.82, 2.24) is 15.4 Å². The van der Waals surface area contributed by atoms with Gasteiger partial charge in [0.1, 0.15) is 40.7 Å². The van der Waals surface area contributed by atoms with Crippen molar-refractivity contribution in [3.8, 4) is 0 Å². The molecule has 1 fully saturated rings. The SMILES string of the molecule is O=C(NOI)c1ccc(CN(C(=O)N2CC[C@H](F)C2)c2cccc(C(F)(F)F)n2)cc1. The van der Waals surface area contributed by atoms with Gasteiger partial charge in [0.15, 0.2) is 0 Å². The Bertz CT molecular complexity index is 942. The van der Waals surface area contributed by atoms with E-state index in [0.29, 0.717) is 5.56 Å². The van der Waals surface area contributed by atoms with Crippen LogP contribution in [0.5, 0.6) is 0 Å². The molecule has 0 spiro atoms. The number of benzene rings is 1. The third-order valence-corrected chi connectivity index (χ3v) is 4.84. The molecule has 1 saturated heterocycles. The Morgan fingerprint density at radius 1 is 1.23 bits per heavy atom. The van der Waals surface area contributed by atoms with Crippen LogP contribution in [-0.4, -0.2) is 41.1 Å². The molecule has 1 N–H and O–H groups in total. The van der Waals surface area contributed by atoms with Crippen molar-refractivity contribution >= 4 is 40.8 Å². The lowest BCUT2D eigenvalue weighted by molar-refractivity contribution is -0.141. The molecule has 2 heterocycles. The molecular formula is C19H17F4IN4O3. The Balaban J connectivity index is 1.89. The number of pyridine rings is 1. The lowest BCUT2D eigenvalue weighted by atomic mass is 10.1. The quantitative estimate of drug-likeness (QED) is 0.342. The van der Waals surface area contributed by atoms with Gasteiger partial charge in [0.2, 0.25) is 0 Å². The van der Waals surface area contributed by atoms with Crippen molar-refractivity contribution in [3.05, 3.63) is 59.3 Å². The molecule has 166 valence electrons. The maximum absolute atomic E-state index is 13.6. The first-order chi connectivity index (χ1) is 14.7. The lowest BCUT2D eigenvalue weighted by Gasteiger charge is -2.27. The standard InChI is InChI=1S/C19H17F4IN4O3/c20-14-8-9-27(11-14)18(30)28(16-3-1-2-15(25-16)19(21,22)23)10-12-4-6-13(7-5-12)17(29)26-31-24/h1-7,14H,8-11H2,(H,26,29)/t14-/m0/s1. The monoisotopic (exact) mass is 552 g/mol. The third kappa shape index (κ3) is 5.81. The normalized spacial score (nSPS) is 16.3. The number of halogens is 5. The third-order valence-electron chi connectivity index (χ3n) is 4.62. The number of carbonyl (C=O) groups is 2. The molecule has 1 aromatic heterocycles. The molecule has 0 bridgehead atoms. The highest BCUT2D eigenvalue weighted by atomic mass is 127. The molecule has 12 heteroatoms. The number of urea groups is 1. The van der Waals surface area contributed by atoms with Gasteiger partial charge in [-0.3, -0.25) is 9.69 Å². The Morgan fingerprint density at radius 2 is 1.94 bits per heavy atom. The molecule has 0 radical (unpaired) electrons. The highest BCUT2D eigenvalue weighted by Crippen LogP contribution is 2.30. The van der Waals surface area contributed by atoms with Crippen LogP contribution in [0.3, 0.4) is 0 Å². The van der Waals surface area contributed by atoms with Crippen molar-refractivity contribution in [1.29, 1.82) is 0 Å². The highest BCUT2D eigenvalue weighted by Gasteiger charge is 2.35. The average Bonchev–Trinajstić information content (AvgIpc) is 3.18. The van der Waals surface area contributed by atoms with E-state index in [1.807, 2.05) is 0 Å². The van der Waals surface area contributed by atoms with Crippen LogP contribution in [0.2, 0.25) is 0 Å². The predicted octanol–water partition coefficient (Wildman–Crippen LogP) is 4.28. The van der Waals surface area contributed by atoms with Crippen molar-refractivity contribution < 1.29 is 30.3 Å². The van der Waals surface area contributed by atoms with E-state index in [0.717, 1.165) is 17.0 Å². The molecule has 3 amide bonds. The minimum atomic E-state index is -4.68. The van der Waals surface area contributed by atoms with Crippen LogP contribution in [-0.2, 0) is 15.9 Å². The Kier molecular flexibility index (Phi) is 7.30. The molecule has 0 aliphatic carbocycles. The minimum Gasteiger partial charge on any atom is -0.321 e. The van der Waals surface area contributed by atoms with E-state index in [-0.39, 0.29) is 37.4 Å². The molecular weight excluding hydrogens is 535 g/mol. The predicted molar refractivity (Wildman–Crippen MR) is 111 cm³/mol. The Hall–Kier alpha value is -2.48. The zero-order valence-corrected chi connectivity index (χ0v) is 18.1. The van der Waals surface area contributed by atoms with E-state index in [1.165, 1.54) is 46.1 Å². The van der Waals surface area contributed by atoms with Crippen LogP contribution in [0.15, 0.2) is 42.5 Å². The largest absolute Gasteiger partial charge is 0.433 e. The van der Waals surface area contributed by atoms with E-state index >= 15 is 0 Å². The maximum atomic E-state index is 13.6. The molecule has 7 nitrogen and oxygen atoms in total. The second kappa shape index (κ2) is 9.77. The van der Waals surface area contributed by atoms with Gasteiger partial charge in [0.25, 0.3) is 5.91 Å². The van der Waals surface area contributed by atoms with Gasteiger partial charge in [0.05, 0.1) is 13.1 Å². The number of alkyl halides is 4. The summed E-state index contributed by atoms with van der Waals surface area (Å²) in [6.45, 7) is -0.0974. The molecule has 0 saturated carbocycles. The summed E-state index contributed by atoms with van der Waals surface area (Å²) >= 11 is 1.50. The first kappa shape index (κ1) is 23.2. The second-order valence-electron chi connectivity index (χ2n) is 6.78. The second-order valence-corrected chi connectivity index (χ2v) is 7.23. The molecule has 1 aliphatic rings. The van der Waals surface area contributed by atoms with Gasteiger partial charge < -0.3 is 4.90 Å². The molecule has 2 aromatic rings. The molecule has 1 aromatic carbocycles.